The van der Waals surface area contributed by atoms with E-state index in [1.54, 1.807) is 11.3 Å². The summed E-state index contributed by atoms with van der Waals surface area (Å²) in [6, 6.07) is 61.0. The number of aromatic nitrogens is 1. The molecule has 0 fully saturated rings. The van der Waals surface area contributed by atoms with Gasteiger partial charge in [0.25, 0.3) is 0 Å². The van der Waals surface area contributed by atoms with E-state index in [2.05, 4.69) is 175 Å². The molecule has 0 saturated carbocycles. The van der Waals surface area contributed by atoms with E-state index in [1.807, 2.05) is 0 Å². The lowest BCUT2D eigenvalue weighted by molar-refractivity contribution is 1.21. The minimum Gasteiger partial charge on any atom is -0.295 e. The van der Waals surface area contributed by atoms with Crippen LogP contribution in [0.15, 0.2) is 170 Å². The van der Waals surface area contributed by atoms with Crippen molar-refractivity contribution in [1.82, 2.24) is 4.98 Å². The van der Waals surface area contributed by atoms with Crippen LogP contribution in [0.5, 0.6) is 0 Å². The SMILES string of the molecule is c1ccc2cc(-c3ccc(N(c4ccc(-c5ccc6ccccc6c5)cc4)c4ccc5sc6ccccc6c5n4)cc3)ccc2c1. The van der Waals surface area contributed by atoms with Crippen LogP contribution in [0.2, 0.25) is 0 Å². The highest BCUT2D eigenvalue weighted by Crippen LogP contribution is 2.39. The summed E-state index contributed by atoms with van der Waals surface area (Å²) in [7, 11) is 0. The Hall–Kier alpha value is -5.77. The Kier molecular flexibility index (Phi) is 6.36. The van der Waals surface area contributed by atoms with Crippen LogP contribution in [-0.2, 0) is 0 Å². The maximum atomic E-state index is 5.28. The van der Waals surface area contributed by atoms with E-state index < -0.39 is 0 Å². The number of hydrogen-bond acceptors (Lipinski definition) is 3. The lowest BCUT2D eigenvalue weighted by Crippen LogP contribution is -2.11. The van der Waals surface area contributed by atoms with E-state index in [1.165, 1.54) is 58.6 Å². The van der Waals surface area contributed by atoms with Gasteiger partial charge in [0, 0.05) is 21.5 Å². The Morgan fingerprint density at radius 2 is 0.891 bits per heavy atom. The maximum absolute atomic E-state index is 5.28. The lowest BCUT2D eigenvalue weighted by atomic mass is 10.0. The molecule has 216 valence electrons. The van der Waals surface area contributed by atoms with Crippen molar-refractivity contribution in [2.75, 3.05) is 4.90 Å². The molecule has 0 aliphatic carbocycles. The van der Waals surface area contributed by atoms with E-state index in [9.17, 15) is 0 Å². The molecule has 0 saturated heterocycles. The average molecular weight is 605 g/mol. The zero-order valence-corrected chi connectivity index (χ0v) is 25.8. The summed E-state index contributed by atoms with van der Waals surface area (Å²) in [4.78, 5) is 7.55. The fourth-order valence-electron chi connectivity index (χ4n) is 6.46. The number of thiophene rings is 1. The third kappa shape index (κ3) is 4.70. The van der Waals surface area contributed by atoms with E-state index >= 15 is 0 Å². The van der Waals surface area contributed by atoms with Crippen molar-refractivity contribution in [1.29, 1.82) is 0 Å². The molecule has 0 bridgehead atoms. The van der Waals surface area contributed by atoms with Crippen LogP contribution in [0.1, 0.15) is 0 Å². The zero-order valence-electron chi connectivity index (χ0n) is 25.0. The lowest BCUT2D eigenvalue weighted by Gasteiger charge is -2.25. The first-order chi connectivity index (χ1) is 22.8. The normalized spacial score (nSPS) is 11.5. The van der Waals surface area contributed by atoms with Crippen LogP contribution in [0.4, 0.5) is 17.2 Å². The molecule has 0 amide bonds. The highest BCUT2D eigenvalue weighted by atomic mass is 32.1. The van der Waals surface area contributed by atoms with Crippen molar-refractivity contribution in [3.8, 4) is 22.3 Å². The van der Waals surface area contributed by atoms with Gasteiger partial charge in [0.05, 0.1) is 10.2 Å². The second-order valence-electron chi connectivity index (χ2n) is 11.7. The van der Waals surface area contributed by atoms with Gasteiger partial charge in [0.1, 0.15) is 5.82 Å². The van der Waals surface area contributed by atoms with Crippen molar-refractivity contribution < 1.29 is 0 Å². The summed E-state index contributed by atoms with van der Waals surface area (Å²) in [5, 5.41) is 6.20. The minimum absolute atomic E-state index is 0.896. The Bertz CT molecular complexity index is 2410. The summed E-state index contributed by atoms with van der Waals surface area (Å²) in [6.07, 6.45) is 0. The maximum Gasteiger partial charge on any atom is 0.138 e. The average Bonchev–Trinajstić information content (AvgIpc) is 3.50. The second-order valence-corrected chi connectivity index (χ2v) is 12.8. The molecule has 2 heterocycles. The molecule has 2 nitrogen and oxygen atoms in total. The van der Waals surface area contributed by atoms with Crippen molar-refractivity contribution in [3.63, 3.8) is 0 Å². The fourth-order valence-corrected chi connectivity index (χ4v) is 7.51. The predicted octanol–water partition coefficient (Wildman–Crippen LogP) is 12.6. The van der Waals surface area contributed by atoms with Gasteiger partial charge in [0.15, 0.2) is 0 Å². The summed E-state index contributed by atoms with van der Waals surface area (Å²) in [5.41, 5.74) is 7.97. The van der Waals surface area contributed by atoms with Crippen molar-refractivity contribution >= 4 is 70.4 Å². The van der Waals surface area contributed by atoms with Gasteiger partial charge in [-0.2, -0.15) is 0 Å². The number of nitrogens with zero attached hydrogens (tertiary/aromatic N) is 2. The van der Waals surface area contributed by atoms with E-state index in [-0.39, 0.29) is 0 Å². The van der Waals surface area contributed by atoms with Gasteiger partial charge in [-0.05, 0) is 98.4 Å². The molecule has 0 aliphatic rings. The highest BCUT2D eigenvalue weighted by molar-refractivity contribution is 7.25. The minimum atomic E-state index is 0.896. The van der Waals surface area contributed by atoms with Gasteiger partial charge >= 0.3 is 0 Å². The molecule has 0 aliphatic heterocycles. The molecule has 0 N–H and O–H groups in total. The van der Waals surface area contributed by atoms with Gasteiger partial charge in [-0.15, -0.1) is 11.3 Å². The van der Waals surface area contributed by atoms with Crippen molar-refractivity contribution in [3.05, 3.63) is 170 Å². The monoisotopic (exact) mass is 604 g/mol. The van der Waals surface area contributed by atoms with Crippen molar-refractivity contribution in [2.24, 2.45) is 0 Å². The van der Waals surface area contributed by atoms with Crippen LogP contribution < -0.4 is 4.90 Å². The molecule has 0 radical (unpaired) electrons. The topological polar surface area (TPSA) is 16.1 Å². The van der Waals surface area contributed by atoms with Crippen LogP contribution in [0.25, 0.3) is 64.1 Å². The molecule has 2 aromatic heterocycles. The third-order valence-corrected chi connectivity index (χ3v) is 9.98. The Morgan fingerprint density at radius 1 is 0.391 bits per heavy atom. The molecule has 7 aromatic carbocycles. The molecule has 9 aromatic rings. The third-order valence-electron chi connectivity index (χ3n) is 8.85. The number of rotatable bonds is 5. The first-order valence-electron chi connectivity index (χ1n) is 15.5. The van der Waals surface area contributed by atoms with Gasteiger partial charge < -0.3 is 0 Å². The van der Waals surface area contributed by atoms with Crippen LogP contribution in [-0.4, -0.2) is 4.98 Å². The first kappa shape index (κ1) is 26.6. The predicted molar refractivity (Wildman–Crippen MR) is 198 cm³/mol. The number of anilines is 3. The number of hydrogen-bond donors (Lipinski definition) is 0. The van der Waals surface area contributed by atoms with Gasteiger partial charge in [0.2, 0.25) is 0 Å². The van der Waals surface area contributed by atoms with Crippen LogP contribution >= 0.6 is 11.3 Å². The largest absolute Gasteiger partial charge is 0.295 e. The highest BCUT2D eigenvalue weighted by Gasteiger charge is 2.17. The van der Waals surface area contributed by atoms with E-state index in [0.29, 0.717) is 0 Å². The molecule has 3 heteroatoms. The molecule has 0 unspecified atom stereocenters. The molecular weight excluding hydrogens is 577 g/mol. The molecule has 0 atom stereocenters. The Labute approximate surface area is 271 Å². The zero-order chi connectivity index (χ0) is 30.5. The molecule has 9 rings (SSSR count). The Balaban J connectivity index is 1.14. The summed E-state index contributed by atoms with van der Waals surface area (Å²) >= 11 is 1.79. The van der Waals surface area contributed by atoms with Gasteiger partial charge in [-0.1, -0.05) is 115 Å². The van der Waals surface area contributed by atoms with Gasteiger partial charge in [-0.25, -0.2) is 4.98 Å². The van der Waals surface area contributed by atoms with Crippen LogP contribution in [0.3, 0.4) is 0 Å². The van der Waals surface area contributed by atoms with Crippen molar-refractivity contribution in [2.45, 2.75) is 0 Å². The van der Waals surface area contributed by atoms with E-state index in [4.69, 9.17) is 4.98 Å². The summed E-state index contributed by atoms with van der Waals surface area (Å²) in [5.74, 6) is 0.896. The number of benzene rings is 7. The Morgan fingerprint density at radius 3 is 1.48 bits per heavy atom. The van der Waals surface area contributed by atoms with Crippen LogP contribution in [0, 0.1) is 0 Å². The summed E-state index contributed by atoms with van der Waals surface area (Å²) < 4.78 is 2.45. The number of pyridine rings is 1. The fraction of sp³-hybridized carbons (Fsp3) is 0. The molecule has 46 heavy (non-hydrogen) atoms. The smallest absolute Gasteiger partial charge is 0.138 e. The number of fused-ring (bicyclic) bond motifs is 5. The quantitative estimate of drug-likeness (QED) is 0.194. The molecule has 0 spiro atoms. The standard InChI is InChI=1S/C43H28N2S/c1-3-9-33-27-35(15-13-29(33)7-1)31-17-21-37(22-18-31)45(42-26-25-41-43(44-42)39-11-5-6-12-40(39)46-41)38-23-19-32(20-24-38)36-16-14-30-8-2-4-10-34(30)28-36/h1-28H. The summed E-state index contributed by atoms with van der Waals surface area (Å²) in [6.45, 7) is 0. The van der Waals surface area contributed by atoms with E-state index in [0.717, 1.165) is 22.7 Å². The molecular formula is C43H28N2S. The van der Waals surface area contributed by atoms with Gasteiger partial charge in [-0.3, -0.25) is 4.90 Å². The second kappa shape index (κ2) is 11.0. The first-order valence-corrected chi connectivity index (χ1v) is 16.4.